The predicted molar refractivity (Wildman–Crippen MR) is 99.3 cm³/mol. The van der Waals surface area contributed by atoms with Crippen LogP contribution in [-0.2, 0) is 27.4 Å². The van der Waals surface area contributed by atoms with Crippen LogP contribution in [0.25, 0.3) is 0 Å². The van der Waals surface area contributed by atoms with Gasteiger partial charge in [0.25, 0.3) is 0 Å². The van der Waals surface area contributed by atoms with Crippen LogP contribution < -0.4 is 10.6 Å². The van der Waals surface area contributed by atoms with E-state index in [0.29, 0.717) is 6.42 Å². The van der Waals surface area contributed by atoms with Crippen molar-refractivity contribution >= 4 is 11.9 Å². The van der Waals surface area contributed by atoms with Crippen molar-refractivity contribution in [3.05, 3.63) is 71.8 Å². The third kappa shape index (κ3) is 5.17. The highest BCUT2D eigenvalue weighted by atomic mass is 16.5. The van der Waals surface area contributed by atoms with Crippen molar-refractivity contribution in [2.75, 3.05) is 6.54 Å². The van der Waals surface area contributed by atoms with Crippen LogP contribution in [0, 0.1) is 0 Å². The van der Waals surface area contributed by atoms with Gasteiger partial charge < -0.3 is 15.4 Å². The van der Waals surface area contributed by atoms with E-state index < -0.39 is 12.0 Å². The molecule has 0 spiro atoms. The van der Waals surface area contributed by atoms with E-state index in [2.05, 4.69) is 10.6 Å². The van der Waals surface area contributed by atoms with Gasteiger partial charge in [0.2, 0.25) is 5.91 Å². The fourth-order valence-corrected chi connectivity index (χ4v) is 3.05. The summed E-state index contributed by atoms with van der Waals surface area (Å²) >= 11 is 0. The van der Waals surface area contributed by atoms with Gasteiger partial charge in [0, 0.05) is 6.42 Å². The summed E-state index contributed by atoms with van der Waals surface area (Å²) in [6.07, 6.45) is 2.18. The van der Waals surface area contributed by atoms with E-state index in [1.54, 1.807) is 0 Å². The summed E-state index contributed by atoms with van der Waals surface area (Å²) < 4.78 is 5.45. The lowest BCUT2D eigenvalue weighted by atomic mass is 10.1. The van der Waals surface area contributed by atoms with Gasteiger partial charge in [-0.05, 0) is 30.5 Å². The van der Waals surface area contributed by atoms with Gasteiger partial charge >= 0.3 is 5.97 Å². The Labute approximate surface area is 153 Å². The molecule has 1 aliphatic heterocycles. The van der Waals surface area contributed by atoms with Gasteiger partial charge in [-0.25, -0.2) is 4.79 Å². The third-order valence-electron chi connectivity index (χ3n) is 4.48. The van der Waals surface area contributed by atoms with Crippen molar-refractivity contribution in [1.82, 2.24) is 10.6 Å². The van der Waals surface area contributed by atoms with E-state index in [0.717, 1.165) is 30.5 Å². The topological polar surface area (TPSA) is 67.4 Å². The number of carbonyl (C=O) groups excluding carboxylic acids is 2. The van der Waals surface area contributed by atoms with Crippen LogP contribution in [0.5, 0.6) is 0 Å². The Morgan fingerprint density at radius 3 is 2.31 bits per heavy atom. The summed E-state index contributed by atoms with van der Waals surface area (Å²) in [5.41, 5.74) is 1.90. The number of ether oxygens (including phenoxy) is 1. The first kappa shape index (κ1) is 18.1. The zero-order valence-corrected chi connectivity index (χ0v) is 14.7. The number of carbonyl (C=O) groups is 2. The molecule has 1 heterocycles. The van der Waals surface area contributed by atoms with Gasteiger partial charge in [0.15, 0.2) is 0 Å². The normalized spacial score (nSPS) is 17.5. The number of rotatable bonds is 7. The van der Waals surface area contributed by atoms with Crippen LogP contribution in [0.1, 0.15) is 24.0 Å². The van der Waals surface area contributed by atoms with Crippen LogP contribution in [0.3, 0.4) is 0 Å². The second kappa shape index (κ2) is 9.15. The fraction of sp³-hybridized carbons (Fsp3) is 0.333. The average molecular weight is 352 g/mol. The van der Waals surface area contributed by atoms with Gasteiger partial charge in [0.1, 0.15) is 12.6 Å². The molecular weight excluding hydrogens is 328 g/mol. The van der Waals surface area contributed by atoms with Crippen molar-refractivity contribution in [3.63, 3.8) is 0 Å². The van der Waals surface area contributed by atoms with E-state index in [1.807, 2.05) is 60.7 Å². The second-order valence-electron chi connectivity index (χ2n) is 6.49. The van der Waals surface area contributed by atoms with Gasteiger partial charge in [-0.15, -0.1) is 0 Å². The highest BCUT2D eigenvalue weighted by Gasteiger charge is 2.28. The molecular formula is C21H24N2O3. The molecule has 5 nitrogen and oxygen atoms in total. The molecule has 2 atom stereocenters. The number of hydrogen-bond acceptors (Lipinski definition) is 4. The van der Waals surface area contributed by atoms with Crippen LogP contribution in [0.4, 0.5) is 0 Å². The van der Waals surface area contributed by atoms with E-state index >= 15 is 0 Å². The van der Waals surface area contributed by atoms with Crippen LogP contribution in [-0.4, -0.2) is 30.5 Å². The molecule has 1 fully saturated rings. The van der Waals surface area contributed by atoms with Crippen molar-refractivity contribution in [2.24, 2.45) is 0 Å². The lowest BCUT2D eigenvalue weighted by Crippen LogP contribution is -2.49. The van der Waals surface area contributed by atoms with Crippen LogP contribution >= 0.6 is 0 Å². The minimum absolute atomic E-state index is 0.139. The molecule has 26 heavy (non-hydrogen) atoms. The van der Waals surface area contributed by atoms with Gasteiger partial charge in [0.05, 0.1) is 6.04 Å². The number of nitrogens with one attached hydrogen (secondary N) is 2. The predicted octanol–water partition coefficient (Wildman–Crippen LogP) is 2.21. The molecule has 0 bridgehead atoms. The maximum absolute atomic E-state index is 12.6. The monoisotopic (exact) mass is 352 g/mol. The van der Waals surface area contributed by atoms with E-state index in [9.17, 15) is 9.59 Å². The van der Waals surface area contributed by atoms with Crippen molar-refractivity contribution in [1.29, 1.82) is 0 Å². The second-order valence-corrected chi connectivity index (χ2v) is 6.49. The molecule has 1 aliphatic rings. The Morgan fingerprint density at radius 1 is 1.04 bits per heavy atom. The molecule has 0 radical (unpaired) electrons. The Bertz CT molecular complexity index is 713. The number of esters is 1. The molecule has 2 aromatic rings. The quantitative estimate of drug-likeness (QED) is 0.750. The minimum Gasteiger partial charge on any atom is -0.459 e. The summed E-state index contributed by atoms with van der Waals surface area (Å²) in [5, 5.41) is 6.03. The largest absolute Gasteiger partial charge is 0.459 e. The lowest BCUT2D eigenvalue weighted by molar-refractivity contribution is -0.149. The minimum atomic E-state index is -0.698. The van der Waals surface area contributed by atoms with E-state index in [1.165, 1.54) is 0 Å². The van der Waals surface area contributed by atoms with Crippen molar-refractivity contribution < 1.29 is 14.3 Å². The maximum atomic E-state index is 12.6. The molecule has 0 saturated carbocycles. The van der Waals surface area contributed by atoms with E-state index in [-0.39, 0.29) is 18.6 Å². The van der Waals surface area contributed by atoms with E-state index in [4.69, 9.17) is 4.74 Å². The molecule has 3 rings (SSSR count). The zero-order chi connectivity index (χ0) is 18.2. The maximum Gasteiger partial charge on any atom is 0.329 e. The molecule has 2 aromatic carbocycles. The first-order chi connectivity index (χ1) is 12.7. The molecule has 5 heteroatoms. The SMILES string of the molecule is O=C(N[C@H](Cc1ccccc1)C(=O)OCc1ccccc1)[C@H]1CCCN1. The average Bonchev–Trinajstić information content (AvgIpc) is 3.22. The Hall–Kier alpha value is -2.66. The Morgan fingerprint density at radius 2 is 1.69 bits per heavy atom. The molecule has 0 aromatic heterocycles. The number of hydrogen-bond donors (Lipinski definition) is 2. The smallest absolute Gasteiger partial charge is 0.329 e. The summed E-state index contributed by atoms with van der Waals surface area (Å²) in [6, 6.07) is 18.2. The molecule has 0 aliphatic carbocycles. The fourth-order valence-electron chi connectivity index (χ4n) is 3.05. The highest BCUT2D eigenvalue weighted by molar-refractivity contribution is 5.87. The molecule has 1 saturated heterocycles. The van der Waals surface area contributed by atoms with Crippen molar-refractivity contribution in [2.45, 2.75) is 38.0 Å². The van der Waals surface area contributed by atoms with Gasteiger partial charge in [-0.1, -0.05) is 60.7 Å². The molecule has 0 unspecified atom stereocenters. The zero-order valence-electron chi connectivity index (χ0n) is 14.7. The summed E-state index contributed by atoms with van der Waals surface area (Å²) in [4.78, 5) is 25.1. The standard InChI is InChI=1S/C21H24N2O3/c24-20(18-12-7-13-22-18)23-19(14-16-8-3-1-4-9-16)21(25)26-15-17-10-5-2-6-11-17/h1-6,8-11,18-19,22H,7,12-15H2,(H,23,24)/t18-,19-/m1/s1. The summed E-state index contributed by atoms with van der Waals surface area (Å²) in [5.74, 6) is -0.552. The van der Waals surface area contributed by atoms with Crippen molar-refractivity contribution in [3.8, 4) is 0 Å². The molecule has 136 valence electrons. The number of benzene rings is 2. The molecule has 2 N–H and O–H groups in total. The summed E-state index contributed by atoms with van der Waals surface area (Å²) in [7, 11) is 0. The first-order valence-corrected chi connectivity index (χ1v) is 9.00. The molecule has 1 amide bonds. The van der Waals surface area contributed by atoms with Gasteiger partial charge in [-0.3, -0.25) is 4.79 Å². The lowest BCUT2D eigenvalue weighted by Gasteiger charge is -2.20. The third-order valence-corrected chi connectivity index (χ3v) is 4.48. The highest BCUT2D eigenvalue weighted by Crippen LogP contribution is 2.10. The summed E-state index contributed by atoms with van der Waals surface area (Å²) in [6.45, 7) is 1.03. The number of amides is 1. The Kier molecular flexibility index (Phi) is 6.39. The Balaban J connectivity index is 1.64. The first-order valence-electron chi connectivity index (χ1n) is 9.00. The van der Waals surface area contributed by atoms with Crippen LogP contribution in [0.2, 0.25) is 0 Å². The van der Waals surface area contributed by atoms with Gasteiger partial charge in [-0.2, -0.15) is 0 Å². The van der Waals surface area contributed by atoms with Crippen LogP contribution in [0.15, 0.2) is 60.7 Å².